The maximum Gasteiger partial charge on any atom is 0.338 e. The van der Waals surface area contributed by atoms with Crippen LogP contribution in [0, 0.1) is 0 Å². The van der Waals surface area contributed by atoms with Crippen LogP contribution in [-0.4, -0.2) is 29.1 Å². The van der Waals surface area contributed by atoms with Gasteiger partial charge in [-0.3, -0.25) is 4.79 Å². The lowest BCUT2D eigenvalue weighted by Crippen LogP contribution is -2.07. The molecule has 0 spiro atoms. The van der Waals surface area contributed by atoms with Crippen LogP contribution in [0.2, 0.25) is 0 Å². The maximum atomic E-state index is 11.2. The molecule has 0 aromatic carbocycles. The van der Waals surface area contributed by atoms with Crippen molar-refractivity contribution in [3.05, 3.63) is 28.0 Å². The van der Waals surface area contributed by atoms with Crippen molar-refractivity contribution in [2.45, 2.75) is 6.42 Å². The first-order valence-corrected chi connectivity index (χ1v) is 4.79. The topological polar surface area (TPSA) is 76.5 Å². The molecule has 1 heterocycles. The molecule has 0 saturated heterocycles. The number of ether oxygens (including phenoxy) is 1. The molecule has 0 aliphatic carbocycles. The fourth-order valence-corrected chi connectivity index (χ4v) is 1.51. The van der Waals surface area contributed by atoms with Gasteiger partial charge in [-0.1, -0.05) is 0 Å². The number of carboxylic acid groups (broad SMARTS) is 1. The van der Waals surface area contributed by atoms with Gasteiger partial charge in [0.1, 0.15) is 4.60 Å². The molecule has 0 fully saturated rings. The molecular weight excluding hydrogens is 266 g/mol. The number of carboxylic acids is 1. The molecule has 80 valence electrons. The number of carbonyl (C=O) groups is 2. The molecule has 6 heteroatoms. The lowest BCUT2D eigenvalue weighted by atomic mass is 10.2. The quantitative estimate of drug-likeness (QED) is 0.663. The molecular formula is C9H8BrNO4. The zero-order valence-electron chi connectivity index (χ0n) is 7.86. The van der Waals surface area contributed by atoms with E-state index in [1.54, 1.807) is 0 Å². The highest BCUT2D eigenvalue weighted by Crippen LogP contribution is 2.13. The van der Waals surface area contributed by atoms with Crippen molar-refractivity contribution >= 4 is 27.9 Å². The molecule has 1 N–H and O–H groups in total. The summed E-state index contributed by atoms with van der Waals surface area (Å²) in [6.07, 6.45) is -0.233. The number of esters is 1. The largest absolute Gasteiger partial charge is 0.481 e. The Morgan fingerprint density at radius 1 is 1.53 bits per heavy atom. The fraction of sp³-hybridized carbons (Fsp3) is 0.222. The van der Waals surface area contributed by atoms with Gasteiger partial charge < -0.3 is 9.84 Å². The third-order valence-electron chi connectivity index (χ3n) is 1.60. The molecule has 0 aliphatic rings. The highest BCUT2D eigenvalue weighted by atomic mass is 79.9. The van der Waals surface area contributed by atoms with Crippen molar-refractivity contribution < 1.29 is 19.4 Å². The SMILES string of the molecule is COC(=O)c1cc(Br)nc(CC(=O)O)c1. The minimum atomic E-state index is -1.00. The molecule has 5 nitrogen and oxygen atoms in total. The van der Waals surface area contributed by atoms with Crippen LogP contribution in [0.3, 0.4) is 0 Å². The van der Waals surface area contributed by atoms with Crippen molar-refractivity contribution in [1.82, 2.24) is 4.98 Å². The van der Waals surface area contributed by atoms with E-state index in [0.717, 1.165) is 0 Å². The van der Waals surface area contributed by atoms with Crippen LogP contribution in [0.25, 0.3) is 0 Å². The van der Waals surface area contributed by atoms with Gasteiger partial charge in [0.25, 0.3) is 0 Å². The highest BCUT2D eigenvalue weighted by molar-refractivity contribution is 9.10. The lowest BCUT2D eigenvalue weighted by molar-refractivity contribution is -0.136. The predicted octanol–water partition coefficient (Wildman–Crippen LogP) is 1.26. The molecule has 0 bridgehead atoms. The van der Waals surface area contributed by atoms with E-state index in [-0.39, 0.29) is 12.0 Å². The number of pyridine rings is 1. The normalized spacial score (nSPS) is 9.73. The number of halogens is 1. The van der Waals surface area contributed by atoms with E-state index < -0.39 is 11.9 Å². The number of carbonyl (C=O) groups excluding carboxylic acids is 1. The molecule has 0 unspecified atom stereocenters. The van der Waals surface area contributed by atoms with Crippen LogP contribution >= 0.6 is 15.9 Å². The van der Waals surface area contributed by atoms with Crippen molar-refractivity contribution in [1.29, 1.82) is 0 Å². The predicted molar refractivity (Wildman–Crippen MR) is 54.6 cm³/mol. The monoisotopic (exact) mass is 273 g/mol. The summed E-state index contributed by atoms with van der Waals surface area (Å²) in [6.45, 7) is 0. The van der Waals surface area contributed by atoms with E-state index in [1.165, 1.54) is 19.2 Å². The van der Waals surface area contributed by atoms with Gasteiger partial charge in [0, 0.05) is 0 Å². The van der Waals surface area contributed by atoms with Gasteiger partial charge in [-0.2, -0.15) is 0 Å². The number of methoxy groups -OCH3 is 1. The van der Waals surface area contributed by atoms with Crippen LogP contribution in [-0.2, 0) is 16.0 Å². The third kappa shape index (κ3) is 3.32. The number of nitrogens with zero attached hydrogens (tertiary/aromatic N) is 1. The number of aromatic nitrogens is 1. The minimum absolute atomic E-state index is 0.233. The summed E-state index contributed by atoms with van der Waals surface area (Å²) in [4.78, 5) is 25.6. The van der Waals surface area contributed by atoms with E-state index >= 15 is 0 Å². The van der Waals surface area contributed by atoms with Gasteiger partial charge in [-0.25, -0.2) is 9.78 Å². The van der Waals surface area contributed by atoms with Gasteiger partial charge in [0.2, 0.25) is 0 Å². The van der Waals surface area contributed by atoms with Gasteiger partial charge in [-0.05, 0) is 28.1 Å². The second kappa shape index (κ2) is 4.88. The Bertz CT molecular complexity index is 405. The second-order valence-electron chi connectivity index (χ2n) is 2.73. The highest BCUT2D eigenvalue weighted by Gasteiger charge is 2.10. The fourth-order valence-electron chi connectivity index (χ4n) is 1.03. The Morgan fingerprint density at radius 2 is 2.20 bits per heavy atom. The molecule has 15 heavy (non-hydrogen) atoms. The van der Waals surface area contributed by atoms with Gasteiger partial charge >= 0.3 is 11.9 Å². The number of hydrogen-bond donors (Lipinski definition) is 1. The van der Waals surface area contributed by atoms with E-state index in [4.69, 9.17) is 5.11 Å². The van der Waals surface area contributed by atoms with E-state index in [2.05, 4.69) is 25.7 Å². The first kappa shape index (κ1) is 11.6. The molecule has 0 amide bonds. The maximum absolute atomic E-state index is 11.2. The van der Waals surface area contributed by atoms with Crippen LogP contribution in [0.5, 0.6) is 0 Å². The van der Waals surface area contributed by atoms with Gasteiger partial charge in [-0.15, -0.1) is 0 Å². The molecule has 0 atom stereocenters. The average molecular weight is 274 g/mol. The summed E-state index contributed by atoms with van der Waals surface area (Å²) in [7, 11) is 1.26. The van der Waals surface area contributed by atoms with Crippen molar-refractivity contribution in [3.8, 4) is 0 Å². The number of hydrogen-bond acceptors (Lipinski definition) is 4. The first-order chi connectivity index (χ1) is 7.02. The zero-order valence-corrected chi connectivity index (χ0v) is 9.44. The average Bonchev–Trinajstić information content (AvgIpc) is 2.14. The van der Waals surface area contributed by atoms with E-state index in [9.17, 15) is 9.59 Å². The Hall–Kier alpha value is -1.43. The standard InChI is InChI=1S/C9H8BrNO4/c1-15-9(14)5-2-6(4-8(12)13)11-7(10)3-5/h2-3H,4H2,1H3,(H,12,13). The third-order valence-corrected chi connectivity index (χ3v) is 2.01. The zero-order chi connectivity index (χ0) is 11.4. The lowest BCUT2D eigenvalue weighted by Gasteiger charge is -2.02. The van der Waals surface area contributed by atoms with Crippen LogP contribution in [0.1, 0.15) is 16.1 Å². The van der Waals surface area contributed by atoms with Crippen molar-refractivity contribution in [3.63, 3.8) is 0 Å². The van der Waals surface area contributed by atoms with Crippen molar-refractivity contribution in [2.75, 3.05) is 7.11 Å². The molecule has 0 radical (unpaired) electrons. The molecule has 0 aliphatic heterocycles. The molecule has 0 saturated carbocycles. The van der Waals surface area contributed by atoms with Gasteiger partial charge in [0.05, 0.1) is 24.8 Å². The van der Waals surface area contributed by atoms with E-state index in [1.807, 2.05) is 0 Å². The Kier molecular flexibility index (Phi) is 3.79. The summed E-state index contributed by atoms with van der Waals surface area (Å²) in [6, 6.07) is 2.86. The van der Waals surface area contributed by atoms with Crippen LogP contribution in [0.15, 0.2) is 16.7 Å². The summed E-state index contributed by atoms with van der Waals surface area (Å²) >= 11 is 3.09. The second-order valence-corrected chi connectivity index (χ2v) is 3.54. The Balaban J connectivity index is 3.04. The molecule has 1 rings (SSSR count). The van der Waals surface area contributed by atoms with Crippen LogP contribution < -0.4 is 0 Å². The number of rotatable bonds is 3. The summed E-state index contributed by atoms with van der Waals surface area (Å²) in [5.41, 5.74) is 0.577. The first-order valence-electron chi connectivity index (χ1n) is 3.99. The number of aliphatic carboxylic acids is 1. The minimum Gasteiger partial charge on any atom is -0.481 e. The summed E-state index contributed by atoms with van der Waals surface area (Å²) in [5.74, 6) is -1.53. The summed E-state index contributed by atoms with van der Waals surface area (Å²) < 4.78 is 4.92. The Labute approximate surface area is 94.2 Å². The smallest absolute Gasteiger partial charge is 0.338 e. The molecule has 1 aromatic heterocycles. The van der Waals surface area contributed by atoms with Crippen molar-refractivity contribution in [2.24, 2.45) is 0 Å². The summed E-state index contributed by atoms with van der Waals surface area (Å²) in [5, 5.41) is 8.57. The van der Waals surface area contributed by atoms with E-state index in [0.29, 0.717) is 10.3 Å². The van der Waals surface area contributed by atoms with Crippen LogP contribution in [0.4, 0.5) is 0 Å². The molecule has 1 aromatic rings. The van der Waals surface area contributed by atoms with Gasteiger partial charge in [0.15, 0.2) is 0 Å². The Morgan fingerprint density at radius 3 is 2.73 bits per heavy atom.